The van der Waals surface area contributed by atoms with Gasteiger partial charge in [-0.2, -0.15) is 0 Å². The Kier molecular flexibility index (Phi) is 3.62. The number of nitrogens with zero attached hydrogens (tertiary/aromatic N) is 2. The van der Waals surface area contributed by atoms with Gasteiger partial charge >= 0.3 is 0 Å². The van der Waals surface area contributed by atoms with Gasteiger partial charge in [0.2, 0.25) is 0 Å². The highest BCUT2D eigenvalue weighted by Crippen LogP contribution is 2.38. The van der Waals surface area contributed by atoms with Gasteiger partial charge < -0.3 is 5.32 Å². The van der Waals surface area contributed by atoms with Gasteiger partial charge in [0.05, 0.1) is 0 Å². The van der Waals surface area contributed by atoms with Gasteiger partial charge in [-0.3, -0.25) is 9.88 Å². The average molecular weight is 245 g/mol. The molecule has 0 radical (unpaired) electrons. The van der Waals surface area contributed by atoms with E-state index in [1.165, 1.54) is 57.4 Å². The van der Waals surface area contributed by atoms with Crippen LogP contribution >= 0.6 is 0 Å². The Morgan fingerprint density at radius 3 is 2.72 bits per heavy atom. The van der Waals surface area contributed by atoms with Crippen LogP contribution in [-0.2, 0) is 6.54 Å². The zero-order chi connectivity index (χ0) is 12.3. The van der Waals surface area contributed by atoms with Crippen molar-refractivity contribution in [2.45, 2.75) is 32.2 Å². The Morgan fingerprint density at radius 1 is 1.17 bits per heavy atom. The molecule has 2 aliphatic rings. The van der Waals surface area contributed by atoms with E-state index in [9.17, 15) is 0 Å². The molecular weight excluding hydrogens is 222 g/mol. The second-order valence-corrected chi connectivity index (χ2v) is 5.92. The molecule has 98 valence electrons. The van der Waals surface area contributed by atoms with Crippen LogP contribution in [0.1, 0.15) is 31.2 Å². The molecule has 0 aliphatic carbocycles. The number of nitrogens with one attached hydrogen (secondary N) is 1. The molecule has 2 fully saturated rings. The molecule has 0 saturated carbocycles. The summed E-state index contributed by atoms with van der Waals surface area (Å²) in [5.41, 5.74) is 2.01. The van der Waals surface area contributed by atoms with Crippen LogP contribution < -0.4 is 5.32 Å². The SMILES string of the molecule is c1cc(CN2CCCC3(CCNCC3)C2)ccn1. The predicted molar refractivity (Wildman–Crippen MR) is 73.3 cm³/mol. The third-order valence-corrected chi connectivity index (χ3v) is 4.56. The third kappa shape index (κ3) is 2.73. The number of likely N-dealkylation sites (tertiary alicyclic amines) is 1. The number of hydrogen-bond acceptors (Lipinski definition) is 3. The molecule has 3 nitrogen and oxygen atoms in total. The number of pyridine rings is 1. The van der Waals surface area contributed by atoms with E-state index in [0.29, 0.717) is 5.41 Å². The van der Waals surface area contributed by atoms with Crippen molar-refractivity contribution in [3.05, 3.63) is 30.1 Å². The van der Waals surface area contributed by atoms with Gasteiger partial charge in [0.25, 0.3) is 0 Å². The number of hydrogen-bond donors (Lipinski definition) is 1. The Hall–Kier alpha value is -0.930. The van der Waals surface area contributed by atoms with Crippen LogP contribution in [0.3, 0.4) is 0 Å². The fourth-order valence-corrected chi connectivity index (χ4v) is 3.56. The summed E-state index contributed by atoms with van der Waals surface area (Å²) >= 11 is 0. The molecular formula is C15H23N3. The molecule has 18 heavy (non-hydrogen) atoms. The number of rotatable bonds is 2. The largest absolute Gasteiger partial charge is 0.317 e. The quantitative estimate of drug-likeness (QED) is 0.864. The first kappa shape index (κ1) is 12.1. The maximum Gasteiger partial charge on any atom is 0.0271 e. The molecule has 1 aromatic rings. The van der Waals surface area contributed by atoms with Gasteiger partial charge in [0.15, 0.2) is 0 Å². The summed E-state index contributed by atoms with van der Waals surface area (Å²) in [5.74, 6) is 0. The highest BCUT2D eigenvalue weighted by atomic mass is 15.1. The lowest BCUT2D eigenvalue weighted by Gasteiger charge is -2.45. The predicted octanol–water partition coefficient (Wildman–Crippen LogP) is 2.05. The highest BCUT2D eigenvalue weighted by Gasteiger charge is 2.36. The maximum absolute atomic E-state index is 4.10. The molecule has 2 aliphatic heterocycles. The van der Waals surface area contributed by atoms with E-state index in [-0.39, 0.29) is 0 Å². The Labute approximate surface area is 110 Å². The van der Waals surface area contributed by atoms with Gasteiger partial charge in [0.1, 0.15) is 0 Å². The molecule has 2 saturated heterocycles. The molecule has 3 heterocycles. The standard InChI is InChI=1S/C15H23N3/c1-4-15(5-9-17-10-6-15)13-18(11-1)12-14-2-7-16-8-3-14/h2-3,7-8,17H,1,4-6,9-13H2. The lowest BCUT2D eigenvalue weighted by atomic mass is 9.73. The molecule has 1 N–H and O–H groups in total. The summed E-state index contributed by atoms with van der Waals surface area (Å²) in [7, 11) is 0. The van der Waals surface area contributed by atoms with Crippen molar-refractivity contribution in [2.24, 2.45) is 5.41 Å². The maximum atomic E-state index is 4.10. The topological polar surface area (TPSA) is 28.2 Å². The molecule has 3 rings (SSSR count). The van der Waals surface area contributed by atoms with Crippen LogP contribution in [0, 0.1) is 5.41 Å². The van der Waals surface area contributed by atoms with Gasteiger partial charge in [-0.1, -0.05) is 0 Å². The van der Waals surface area contributed by atoms with Crippen molar-refractivity contribution in [3.8, 4) is 0 Å². The van der Waals surface area contributed by atoms with Crippen LogP contribution in [0.2, 0.25) is 0 Å². The fourth-order valence-electron chi connectivity index (χ4n) is 3.56. The number of aromatic nitrogens is 1. The van der Waals surface area contributed by atoms with Crippen LogP contribution in [0.15, 0.2) is 24.5 Å². The van der Waals surface area contributed by atoms with Gasteiger partial charge in [-0.05, 0) is 68.4 Å². The second kappa shape index (κ2) is 5.37. The van der Waals surface area contributed by atoms with Gasteiger partial charge in [-0.25, -0.2) is 0 Å². The van der Waals surface area contributed by atoms with Crippen LogP contribution in [-0.4, -0.2) is 36.1 Å². The van der Waals surface area contributed by atoms with E-state index in [4.69, 9.17) is 0 Å². The molecule has 3 heteroatoms. The van der Waals surface area contributed by atoms with Crippen molar-refractivity contribution >= 4 is 0 Å². The summed E-state index contributed by atoms with van der Waals surface area (Å²) in [6, 6.07) is 4.29. The smallest absolute Gasteiger partial charge is 0.0271 e. The highest BCUT2D eigenvalue weighted by molar-refractivity contribution is 5.09. The van der Waals surface area contributed by atoms with Crippen molar-refractivity contribution in [3.63, 3.8) is 0 Å². The van der Waals surface area contributed by atoms with E-state index >= 15 is 0 Å². The minimum absolute atomic E-state index is 0.608. The van der Waals surface area contributed by atoms with E-state index in [1.54, 1.807) is 0 Å². The molecule has 0 aromatic carbocycles. The van der Waals surface area contributed by atoms with E-state index in [2.05, 4.69) is 27.3 Å². The second-order valence-electron chi connectivity index (χ2n) is 5.92. The molecule has 0 atom stereocenters. The molecule has 0 bridgehead atoms. The van der Waals surface area contributed by atoms with Gasteiger partial charge in [-0.15, -0.1) is 0 Å². The summed E-state index contributed by atoms with van der Waals surface area (Å²) in [6.45, 7) is 6.07. The molecule has 0 unspecified atom stereocenters. The summed E-state index contributed by atoms with van der Waals surface area (Å²) in [6.07, 6.45) is 9.32. The number of piperidine rings is 2. The van der Waals surface area contributed by atoms with Crippen molar-refractivity contribution in [1.82, 2.24) is 15.2 Å². The third-order valence-electron chi connectivity index (χ3n) is 4.56. The minimum atomic E-state index is 0.608. The fraction of sp³-hybridized carbons (Fsp3) is 0.667. The lowest BCUT2D eigenvalue weighted by Crippen LogP contribution is -2.48. The van der Waals surface area contributed by atoms with Crippen molar-refractivity contribution in [2.75, 3.05) is 26.2 Å². The first-order valence-corrected chi connectivity index (χ1v) is 7.18. The average Bonchev–Trinajstić information content (AvgIpc) is 2.41. The molecule has 0 amide bonds. The minimum Gasteiger partial charge on any atom is -0.317 e. The zero-order valence-electron chi connectivity index (χ0n) is 11.1. The summed E-state index contributed by atoms with van der Waals surface area (Å²) in [5, 5.41) is 3.49. The van der Waals surface area contributed by atoms with Crippen molar-refractivity contribution in [1.29, 1.82) is 0 Å². The van der Waals surface area contributed by atoms with Crippen LogP contribution in [0.5, 0.6) is 0 Å². The monoisotopic (exact) mass is 245 g/mol. The lowest BCUT2D eigenvalue weighted by molar-refractivity contribution is 0.0551. The van der Waals surface area contributed by atoms with Crippen LogP contribution in [0.25, 0.3) is 0 Å². The Balaban J connectivity index is 1.63. The summed E-state index contributed by atoms with van der Waals surface area (Å²) in [4.78, 5) is 6.74. The zero-order valence-corrected chi connectivity index (χ0v) is 11.1. The van der Waals surface area contributed by atoms with Crippen molar-refractivity contribution < 1.29 is 0 Å². The summed E-state index contributed by atoms with van der Waals surface area (Å²) < 4.78 is 0. The van der Waals surface area contributed by atoms with E-state index in [0.717, 1.165) is 6.54 Å². The Bertz CT molecular complexity index is 365. The van der Waals surface area contributed by atoms with Gasteiger partial charge in [0, 0.05) is 25.5 Å². The first-order chi connectivity index (χ1) is 8.86. The first-order valence-electron chi connectivity index (χ1n) is 7.18. The normalized spacial score (nSPS) is 24.2. The van der Waals surface area contributed by atoms with Crippen LogP contribution in [0.4, 0.5) is 0 Å². The Morgan fingerprint density at radius 2 is 1.94 bits per heavy atom. The molecule has 1 spiro atoms. The molecule has 1 aromatic heterocycles. The van der Waals surface area contributed by atoms with E-state index < -0.39 is 0 Å². The van der Waals surface area contributed by atoms with E-state index in [1.807, 2.05) is 12.4 Å².